The molecule has 0 aliphatic carbocycles. The maximum Gasteiger partial charge on any atom is 0.224 e. The zero-order chi connectivity index (χ0) is 15.2. The summed E-state index contributed by atoms with van der Waals surface area (Å²) < 4.78 is 0. The Hall–Kier alpha value is -1.57. The highest BCUT2D eigenvalue weighted by Gasteiger charge is 2.18. The summed E-state index contributed by atoms with van der Waals surface area (Å²) >= 11 is 6.01. The van der Waals surface area contributed by atoms with Crippen LogP contribution in [0.4, 0.5) is 5.69 Å². The van der Waals surface area contributed by atoms with Crippen molar-refractivity contribution in [2.24, 2.45) is 11.1 Å². The Bertz CT molecular complexity index is 520. The lowest BCUT2D eigenvalue weighted by atomic mass is 9.84. The van der Waals surface area contributed by atoms with Crippen molar-refractivity contribution in [1.82, 2.24) is 0 Å². The van der Waals surface area contributed by atoms with Crippen molar-refractivity contribution >= 4 is 23.2 Å². The number of carbonyl (C=O) groups is 1. The van der Waals surface area contributed by atoms with Crippen molar-refractivity contribution in [3.05, 3.63) is 28.8 Å². The molecule has 0 aromatic heterocycles. The lowest BCUT2D eigenvalue weighted by molar-refractivity contribution is -0.116. The standard InChI is InChI=1S/C15H20ClN3O/c1-15(2,7-8-17)6-5-14(20)19-13-4-3-11(10-18)9-12(13)16/h3-4,9H,5-8,17H2,1-2H3,(H,19,20). The molecule has 0 spiro atoms. The molecular weight excluding hydrogens is 274 g/mol. The second kappa shape index (κ2) is 7.28. The molecule has 0 fully saturated rings. The van der Waals surface area contributed by atoms with Crippen molar-refractivity contribution < 1.29 is 4.79 Å². The highest BCUT2D eigenvalue weighted by atomic mass is 35.5. The van der Waals surface area contributed by atoms with Crippen molar-refractivity contribution in [3.63, 3.8) is 0 Å². The number of rotatable bonds is 6. The van der Waals surface area contributed by atoms with Crippen molar-refractivity contribution in [1.29, 1.82) is 5.26 Å². The number of carbonyl (C=O) groups excluding carboxylic acids is 1. The van der Waals surface area contributed by atoms with Gasteiger partial charge in [0.05, 0.1) is 22.3 Å². The molecule has 0 bridgehead atoms. The maximum atomic E-state index is 11.9. The van der Waals surface area contributed by atoms with E-state index in [2.05, 4.69) is 19.2 Å². The van der Waals surface area contributed by atoms with E-state index in [1.54, 1.807) is 12.1 Å². The van der Waals surface area contributed by atoms with Gasteiger partial charge < -0.3 is 11.1 Å². The fourth-order valence-electron chi connectivity index (χ4n) is 1.87. The number of nitriles is 1. The Labute approximate surface area is 124 Å². The molecule has 20 heavy (non-hydrogen) atoms. The molecule has 0 aliphatic heterocycles. The first-order chi connectivity index (χ1) is 9.38. The van der Waals surface area contributed by atoms with E-state index in [9.17, 15) is 4.79 Å². The summed E-state index contributed by atoms with van der Waals surface area (Å²) in [7, 11) is 0. The summed E-state index contributed by atoms with van der Waals surface area (Å²) in [6, 6.07) is 6.80. The van der Waals surface area contributed by atoms with Gasteiger partial charge in [-0.25, -0.2) is 0 Å². The monoisotopic (exact) mass is 293 g/mol. The third-order valence-corrected chi connectivity index (χ3v) is 3.53. The van der Waals surface area contributed by atoms with Gasteiger partial charge in [-0.05, 0) is 43.0 Å². The summed E-state index contributed by atoms with van der Waals surface area (Å²) in [5.41, 5.74) is 6.61. The Kier molecular flexibility index (Phi) is 6.00. The lowest BCUT2D eigenvalue weighted by Gasteiger charge is -2.23. The van der Waals surface area contributed by atoms with Crippen LogP contribution in [0, 0.1) is 16.7 Å². The number of nitrogens with one attached hydrogen (secondary N) is 1. The lowest BCUT2D eigenvalue weighted by Crippen LogP contribution is -2.20. The second-order valence-electron chi connectivity index (χ2n) is 5.56. The fraction of sp³-hybridized carbons (Fsp3) is 0.467. The molecule has 0 saturated heterocycles. The summed E-state index contributed by atoms with van der Waals surface area (Å²) in [5.74, 6) is -0.0818. The highest BCUT2D eigenvalue weighted by molar-refractivity contribution is 6.33. The molecule has 0 unspecified atom stereocenters. The van der Waals surface area contributed by atoms with Crippen LogP contribution in [0.25, 0.3) is 0 Å². The van der Waals surface area contributed by atoms with Crippen LogP contribution in [0.3, 0.4) is 0 Å². The van der Waals surface area contributed by atoms with Crippen molar-refractivity contribution in [2.75, 3.05) is 11.9 Å². The van der Waals surface area contributed by atoms with E-state index >= 15 is 0 Å². The summed E-state index contributed by atoms with van der Waals surface area (Å²) in [6.07, 6.45) is 2.07. The van der Waals surface area contributed by atoms with Crippen LogP contribution in [0.2, 0.25) is 5.02 Å². The SMILES string of the molecule is CC(C)(CCN)CCC(=O)Nc1ccc(C#N)cc1Cl. The predicted octanol–water partition coefficient (Wildman–Crippen LogP) is 3.31. The van der Waals surface area contributed by atoms with Crippen LogP contribution >= 0.6 is 11.6 Å². The maximum absolute atomic E-state index is 11.9. The van der Waals surface area contributed by atoms with Gasteiger partial charge in [-0.3, -0.25) is 4.79 Å². The third kappa shape index (κ3) is 5.20. The molecule has 3 N–H and O–H groups in total. The molecule has 1 aromatic rings. The second-order valence-corrected chi connectivity index (χ2v) is 5.96. The molecule has 5 heteroatoms. The molecule has 0 saturated carbocycles. The smallest absolute Gasteiger partial charge is 0.224 e. The van der Waals surface area contributed by atoms with Gasteiger partial charge >= 0.3 is 0 Å². The van der Waals surface area contributed by atoms with E-state index in [1.165, 1.54) is 6.07 Å². The molecule has 0 aliphatic rings. The van der Waals surface area contributed by atoms with Gasteiger partial charge in [0, 0.05) is 6.42 Å². The van der Waals surface area contributed by atoms with E-state index in [0.717, 1.165) is 12.8 Å². The Balaban J connectivity index is 2.57. The minimum Gasteiger partial charge on any atom is -0.330 e. The molecule has 108 valence electrons. The van der Waals surface area contributed by atoms with Crippen LogP contribution in [0.5, 0.6) is 0 Å². The number of halogens is 1. The normalized spacial score (nSPS) is 10.9. The van der Waals surface area contributed by atoms with Crippen LogP contribution in [-0.4, -0.2) is 12.5 Å². The quantitative estimate of drug-likeness (QED) is 0.844. The average Bonchev–Trinajstić information content (AvgIpc) is 2.39. The van der Waals surface area contributed by atoms with Gasteiger partial charge in [0.1, 0.15) is 0 Å². The molecule has 0 heterocycles. The summed E-state index contributed by atoms with van der Waals surface area (Å²) in [4.78, 5) is 11.9. The number of hydrogen-bond acceptors (Lipinski definition) is 3. The minimum atomic E-state index is -0.0818. The van der Waals surface area contributed by atoms with Gasteiger partial charge in [-0.1, -0.05) is 25.4 Å². The number of anilines is 1. The molecule has 1 aromatic carbocycles. The molecule has 1 rings (SSSR count). The van der Waals surface area contributed by atoms with E-state index in [-0.39, 0.29) is 11.3 Å². The first-order valence-electron chi connectivity index (χ1n) is 6.57. The van der Waals surface area contributed by atoms with Crippen LogP contribution in [-0.2, 0) is 4.79 Å². The number of nitrogens with zero attached hydrogens (tertiary/aromatic N) is 1. The Morgan fingerprint density at radius 2 is 2.15 bits per heavy atom. The fourth-order valence-corrected chi connectivity index (χ4v) is 2.09. The van der Waals surface area contributed by atoms with Gasteiger partial charge in [0.15, 0.2) is 0 Å². The average molecular weight is 294 g/mol. The topological polar surface area (TPSA) is 78.9 Å². The minimum absolute atomic E-state index is 0.0561. The van der Waals surface area contributed by atoms with Gasteiger partial charge in [-0.2, -0.15) is 5.26 Å². The first-order valence-corrected chi connectivity index (χ1v) is 6.95. The Morgan fingerprint density at radius 1 is 1.45 bits per heavy atom. The van der Waals surface area contributed by atoms with E-state index < -0.39 is 0 Å². The number of hydrogen-bond donors (Lipinski definition) is 2. The third-order valence-electron chi connectivity index (χ3n) is 3.22. The Morgan fingerprint density at radius 3 is 2.70 bits per heavy atom. The molecule has 4 nitrogen and oxygen atoms in total. The molecular formula is C15H20ClN3O. The summed E-state index contributed by atoms with van der Waals surface area (Å²) in [6.45, 7) is 4.82. The largest absolute Gasteiger partial charge is 0.330 e. The number of benzene rings is 1. The van der Waals surface area contributed by atoms with E-state index in [1.807, 2.05) is 6.07 Å². The van der Waals surface area contributed by atoms with E-state index in [4.69, 9.17) is 22.6 Å². The summed E-state index contributed by atoms with van der Waals surface area (Å²) in [5, 5.41) is 11.9. The predicted molar refractivity (Wildman–Crippen MR) is 81.5 cm³/mol. The van der Waals surface area contributed by atoms with Crippen LogP contribution in [0.15, 0.2) is 18.2 Å². The molecule has 0 atom stereocenters. The van der Waals surface area contributed by atoms with Crippen LogP contribution in [0.1, 0.15) is 38.7 Å². The van der Waals surface area contributed by atoms with Crippen LogP contribution < -0.4 is 11.1 Å². The van der Waals surface area contributed by atoms with Gasteiger partial charge in [0.2, 0.25) is 5.91 Å². The first kappa shape index (κ1) is 16.5. The van der Waals surface area contributed by atoms with Gasteiger partial charge in [0.25, 0.3) is 0 Å². The van der Waals surface area contributed by atoms with Gasteiger partial charge in [-0.15, -0.1) is 0 Å². The van der Waals surface area contributed by atoms with Crippen molar-refractivity contribution in [3.8, 4) is 6.07 Å². The number of amides is 1. The molecule has 1 amide bonds. The van der Waals surface area contributed by atoms with Crippen molar-refractivity contribution in [2.45, 2.75) is 33.1 Å². The highest BCUT2D eigenvalue weighted by Crippen LogP contribution is 2.27. The zero-order valence-electron chi connectivity index (χ0n) is 11.9. The zero-order valence-corrected chi connectivity index (χ0v) is 12.6. The molecule has 0 radical (unpaired) electrons. The van der Waals surface area contributed by atoms with E-state index in [0.29, 0.717) is 29.2 Å². The number of nitrogens with two attached hydrogens (primary N) is 1.